The molecule has 44 heavy (non-hydrogen) atoms. The maximum absolute atomic E-state index is 14.0. The van der Waals surface area contributed by atoms with Gasteiger partial charge in [0, 0.05) is 28.4 Å². The first kappa shape index (κ1) is 29.5. The van der Waals surface area contributed by atoms with Crippen LogP contribution in [0.2, 0.25) is 0 Å². The Labute approximate surface area is 258 Å². The third-order valence-corrected chi connectivity index (χ3v) is 8.64. The van der Waals surface area contributed by atoms with Crippen molar-refractivity contribution in [3.05, 3.63) is 94.0 Å². The number of nitrogens with one attached hydrogen (secondary N) is 1. The first-order valence-corrected chi connectivity index (χ1v) is 15.3. The Morgan fingerprint density at radius 1 is 1.00 bits per heavy atom. The van der Waals surface area contributed by atoms with E-state index in [1.807, 2.05) is 54.6 Å². The molecule has 0 aliphatic rings. The lowest BCUT2D eigenvalue weighted by atomic mass is 9.94. The van der Waals surface area contributed by atoms with Crippen LogP contribution in [0.1, 0.15) is 52.2 Å². The summed E-state index contributed by atoms with van der Waals surface area (Å²) >= 11 is 0. The molecule has 12 heteroatoms. The Morgan fingerprint density at radius 3 is 2.18 bits per heavy atom. The number of carbonyl (C=O) groups is 2. The number of aryl methyl sites for hydroxylation is 1. The van der Waals surface area contributed by atoms with Crippen molar-refractivity contribution in [1.82, 2.24) is 9.62 Å². The Bertz CT molecular complexity index is 1850. The topological polar surface area (TPSA) is 156 Å². The van der Waals surface area contributed by atoms with Crippen LogP contribution in [0.15, 0.2) is 77.7 Å². The van der Waals surface area contributed by atoms with Crippen LogP contribution < -0.4 is 5.32 Å². The van der Waals surface area contributed by atoms with Crippen LogP contribution in [-0.4, -0.2) is 60.1 Å². The first-order valence-electron chi connectivity index (χ1n) is 14.9. The smallest absolute Gasteiger partial charge is 0.407 e. The minimum atomic E-state index is -4.74. The predicted molar refractivity (Wildman–Crippen MR) is 167 cm³/mol. The maximum Gasteiger partial charge on any atom is 0.407 e. The standard InChI is InChI=1S/C32H35N3O8S/c1-32(2,3)43-31(38)33-17-9-19-34(44(41,42)29-16-15-24(30(36)37)21-28(29)35(39)40)18-8-14-27-25-12-6-4-10-22(25)20-23-11-5-7-13-26(23)27/h4-7,10-13,15-16,20-21H,8-9,14,17-19H2,1-3H3,(H,33,38)(H,36,37)/i8D2. The first-order chi connectivity index (χ1) is 21.5. The zero-order valence-corrected chi connectivity index (χ0v) is 25.4. The van der Waals surface area contributed by atoms with Gasteiger partial charge < -0.3 is 15.2 Å². The summed E-state index contributed by atoms with van der Waals surface area (Å²) in [6.45, 7) is 4.03. The van der Waals surface area contributed by atoms with Crippen LogP contribution in [-0.2, 0) is 21.2 Å². The lowest BCUT2D eigenvalue weighted by Gasteiger charge is -2.23. The number of hydrogen-bond acceptors (Lipinski definition) is 7. The molecule has 232 valence electrons. The molecule has 0 aromatic heterocycles. The zero-order chi connectivity index (χ0) is 33.9. The SMILES string of the molecule is [2H]C([2H])(Cc1c2ccccc2cc2ccccc12)CN(CCCNC(=O)OC(C)(C)C)S(=O)(=O)c1ccc(C(=O)O)cc1[N+](=O)[O-]. The number of nitrogens with zero attached hydrogens (tertiary/aromatic N) is 2. The van der Waals surface area contributed by atoms with Crippen molar-refractivity contribution in [3.63, 3.8) is 0 Å². The molecule has 4 aromatic rings. The highest BCUT2D eigenvalue weighted by Crippen LogP contribution is 2.31. The number of nitro groups is 1. The number of alkyl carbamates (subject to hydrolysis) is 1. The van der Waals surface area contributed by atoms with Gasteiger partial charge in [0.25, 0.3) is 5.69 Å². The Balaban J connectivity index is 1.70. The molecule has 4 aromatic carbocycles. The van der Waals surface area contributed by atoms with Crippen molar-refractivity contribution in [2.45, 2.75) is 50.5 Å². The average molecular weight is 624 g/mol. The summed E-state index contributed by atoms with van der Waals surface area (Å²) in [5.74, 6) is -1.48. The molecule has 0 radical (unpaired) electrons. The predicted octanol–water partition coefficient (Wildman–Crippen LogP) is 6.14. The quantitative estimate of drug-likeness (QED) is 0.0825. The summed E-state index contributed by atoms with van der Waals surface area (Å²) in [5.41, 5.74) is -1.50. The monoisotopic (exact) mass is 623 g/mol. The van der Waals surface area contributed by atoms with E-state index in [1.54, 1.807) is 20.8 Å². The molecule has 0 fully saturated rings. The van der Waals surface area contributed by atoms with Crippen LogP contribution in [0, 0.1) is 10.1 Å². The summed E-state index contributed by atoms with van der Waals surface area (Å²) in [7, 11) is -4.74. The number of aromatic carboxylic acids is 1. The van der Waals surface area contributed by atoms with Crippen molar-refractivity contribution in [3.8, 4) is 0 Å². The highest BCUT2D eigenvalue weighted by atomic mass is 32.2. The molecule has 0 heterocycles. The van der Waals surface area contributed by atoms with Crippen molar-refractivity contribution in [2.75, 3.05) is 19.6 Å². The Kier molecular flexibility index (Phi) is 8.99. The number of rotatable bonds is 12. The number of fused-ring (bicyclic) bond motifs is 2. The third-order valence-electron chi connectivity index (χ3n) is 6.75. The van der Waals surface area contributed by atoms with Gasteiger partial charge >= 0.3 is 12.1 Å². The van der Waals surface area contributed by atoms with Crippen LogP contribution in [0.25, 0.3) is 21.5 Å². The van der Waals surface area contributed by atoms with Gasteiger partial charge in [-0.1, -0.05) is 48.5 Å². The molecule has 0 bridgehead atoms. The van der Waals surface area contributed by atoms with Crippen LogP contribution >= 0.6 is 0 Å². The highest BCUT2D eigenvalue weighted by molar-refractivity contribution is 7.89. The van der Waals surface area contributed by atoms with Gasteiger partial charge in [-0.3, -0.25) is 10.1 Å². The Morgan fingerprint density at radius 2 is 1.61 bits per heavy atom. The van der Waals surface area contributed by atoms with Gasteiger partial charge in [-0.15, -0.1) is 0 Å². The van der Waals surface area contributed by atoms with Crippen LogP contribution in [0.3, 0.4) is 0 Å². The fourth-order valence-corrected chi connectivity index (χ4v) is 6.35. The molecular formula is C32H35N3O8S. The number of carbonyl (C=O) groups excluding carboxylic acids is 1. The fourth-order valence-electron chi connectivity index (χ4n) is 4.80. The van der Waals surface area contributed by atoms with E-state index >= 15 is 0 Å². The normalized spacial score (nSPS) is 13.0. The molecule has 0 aliphatic carbocycles. The van der Waals surface area contributed by atoms with Gasteiger partial charge in [-0.05, 0) is 85.3 Å². The van der Waals surface area contributed by atoms with E-state index < -0.39 is 61.7 Å². The fraction of sp³-hybridized carbons (Fsp3) is 0.312. The lowest BCUT2D eigenvalue weighted by Crippen LogP contribution is -2.37. The number of amides is 1. The molecule has 0 spiro atoms. The van der Waals surface area contributed by atoms with Crippen LogP contribution in [0.5, 0.6) is 0 Å². The van der Waals surface area contributed by atoms with Crippen molar-refractivity contribution in [2.24, 2.45) is 0 Å². The van der Waals surface area contributed by atoms with Gasteiger partial charge in [-0.25, -0.2) is 18.0 Å². The van der Waals surface area contributed by atoms with Gasteiger partial charge in [-0.2, -0.15) is 4.31 Å². The van der Waals surface area contributed by atoms with Crippen LogP contribution in [0.4, 0.5) is 10.5 Å². The molecule has 4 rings (SSSR count). The van der Waals surface area contributed by atoms with Gasteiger partial charge in [0.05, 0.1) is 10.5 Å². The molecule has 0 aliphatic heterocycles. The molecule has 0 saturated heterocycles. The number of nitro benzene ring substituents is 1. The minimum absolute atomic E-state index is 0.0206. The number of sulfonamides is 1. The summed E-state index contributed by atoms with van der Waals surface area (Å²) in [6, 6.07) is 19.4. The second-order valence-electron chi connectivity index (χ2n) is 11.1. The summed E-state index contributed by atoms with van der Waals surface area (Å²) in [6.07, 6.45) is -3.06. The molecule has 0 atom stereocenters. The second-order valence-corrected chi connectivity index (χ2v) is 13.0. The molecular weight excluding hydrogens is 586 g/mol. The van der Waals surface area contributed by atoms with E-state index in [2.05, 4.69) is 5.32 Å². The van der Waals surface area contributed by atoms with Crippen molar-refractivity contribution >= 4 is 49.3 Å². The summed E-state index contributed by atoms with van der Waals surface area (Å²) < 4.78 is 52.1. The molecule has 2 N–H and O–H groups in total. The number of benzene rings is 4. The van der Waals surface area contributed by atoms with Gasteiger partial charge in [0.2, 0.25) is 10.0 Å². The summed E-state index contributed by atoms with van der Waals surface area (Å²) in [5, 5.41) is 27.1. The largest absolute Gasteiger partial charge is 0.478 e. The third kappa shape index (κ3) is 7.69. The second kappa shape index (κ2) is 13.4. The molecule has 0 saturated carbocycles. The van der Waals surface area contributed by atoms with E-state index in [0.29, 0.717) is 11.6 Å². The van der Waals surface area contributed by atoms with Crippen molar-refractivity contribution in [1.29, 1.82) is 0 Å². The number of hydrogen-bond donors (Lipinski definition) is 2. The number of carboxylic acid groups (broad SMARTS) is 1. The van der Waals surface area contributed by atoms with Gasteiger partial charge in [0.15, 0.2) is 4.90 Å². The number of ether oxygens (including phenoxy) is 1. The van der Waals surface area contributed by atoms with E-state index in [0.717, 1.165) is 38.0 Å². The van der Waals surface area contributed by atoms with E-state index in [9.17, 15) is 33.2 Å². The number of carboxylic acids is 1. The average Bonchev–Trinajstić information content (AvgIpc) is 2.97. The lowest BCUT2D eigenvalue weighted by molar-refractivity contribution is -0.387. The molecule has 1 amide bonds. The summed E-state index contributed by atoms with van der Waals surface area (Å²) in [4.78, 5) is 33.7. The van der Waals surface area contributed by atoms with E-state index in [-0.39, 0.29) is 25.9 Å². The van der Waals surface area contributed by atoms with E-state index in [1.165, 1.54) is 0 Å². The minimum Gasteiger partial charge on any atom is -0.478 e. The highest BCUT2D eigenvalue weighted by Gasteiger charge is 2.32. The van der Waals surface area contributed by atoms with Gasteiger partial charge in [0.1, 0.15) is 5.60 Å². The van der Waals surface area contributed by atoms with Crippen molar-refractivity contribution < 1.29 is 35.5 Å². The molecule has 11 nitrogen and oxygen atoms in total. The Hall–Kier alpha value is -4.55. The maximum atomic E-state index is 14.0. The zero-order valence-electron chi connectivity index (χ0n) is 26.6. The molecule has 0 unspecified atom stereocenters. The van der Waals surface area contributed by atoms with E-state index in [4.69, 9.17) is 7.48 Å².